The molecule has 1 heterocycles. The Morgan fingerprint density at radius 3 is 2.39 bits per heavy atom. The highest BCUT2D eigenvalue weighted by Crippen LogP contribution is 2.22. The van der Waals surface area contributed by atoms with E-state index >= 15 is 0 Å². The van der Waals surface area contributed by atoms with Crippen molar-refractivity contribution in [1.29, 1.82) is 0 Å². The molecule has 1 saturated heterocycles. The first kappa shape index (κ1) is 20.2. The molecule has 2 aromatic rings. The van der Waals surface area contributed by atoms with Crippen LogP contribution in [0.1, 0.15) is 20.3 Å². The zero-order chi connectivity index (χ0) is 19.9. The molecule has 1 unspecified atom stereocenters. The predicted molar refractivity (Wildman–Crippen MR) is 115 cm³/mol. The number of hydrogen-bond acceptors (Lipinski definition) is 4. The molecule has 5 heteroatoms. The van der Waals surface area contributed by atoms with Crippen LogP contribution in [-0.2, 0) is 4.79 Å². The maximum atomic E-state index is 13.2. The van der Waals surface area contributed by atoms with Crippen molar-refractivity contribution in [3.8, 4) is 5.75 Å². The van der Waals surface area contributed by atoms with Gasteiger partial charge in [-0.15, -0.1) is 0 Å². The number of nitrogens with zero attached hydrogens (tertiary/aromatic N) is 3. The number of para-hydroxylation sites is 1. The van der Waals surface area contributed by atoms with Crippen molar-refractivity contribution in [2.45, 2.75) is 26.3 Å². The van der Waals surface area contributed by atoms with E-state index in [2.05, 4.69) is 21.9 Å². The summed E-state index contributed by atoms with van der Waals surface area (Å²) in [5.41, 5.74) is 2.18. The summed E-state index contributed by atoms with van der Waals surface area (Å²) in [7, 11) is 1.69. The summed E-state index contributed by atoms with van der Waals surface area (Å²) in [6.07, 6.45) is 1.04. The van der Waals surface area contributed by atoms with Crippen molar-refractivity contribution in [1.82, 2.24) is 4.90 Å². The Morgan fingerprint density at radius 2 is 1.75 bits per heavy atom. The summed E-state index contributed by atoms with van der Waals surface area (Å²) in [5.74, 6) is 1.05. The Hall–Kier alpha value is -2.53. The first-order chi connectivity index (χ1) is 13.6. The molecule has 1 aliphatic heterocycles. The Bertz CT molecular complexity index is 748. The maximum absolute atomic E-state index is 13.2. The summed E-state index contributed by atoms with van der Waals surface area (Å²) in [6, 6.07) is 18.0. The van der Waals surface area contributed by atoms with Gasteiger partial charge in [0.15, 0.2) is 0 Å². The Kier molecular flexibility index (Phi) is 6.93. The second-order valence-electron chi connectivity index (χ2n) is 7.17. The molecule has 150 valence electrons. The van der Waals surface area contributed by atoms with Gasteiger partial charge in [0.2, 0.25) is 5.91 Å². The smallest absolute Gasteiger partial charge is 0.244 e. The molecule has 0 aliphatic carbocycles. The molecule has 0 saturated carbocycles. The van der Waals surface area contributed by atoms with Gasteiger partial charge < -0.3 is 14.5 Å². The fraction of sp³-hybridized carbons (Fsp3) is 0.435. The zero-order valence-electron chi connectivity index (χ0n) is 17.2. The van der Waals surface area contributed by atoms with E-state index in [0.717, 1.165) is 44.0 Å². The van der Waals surface area contributed by atoms with E-state index in [1.807, 2.05) is 61.2 Å². The van der Waals surface area contributed by atoms with Crippen molar-refractivity contribution < 1.29 is 9.53 Å². The average molecular weight is 382 g/mol. The van der Waals surface area contributed by atoms with Gasteiger partial charge in [-0.3, -0.25) is 9.69 Å². The maximum Gasteiger partial charge on any atom is 0.244 e. The molecule has 0 N–H and O–H groups in total. The van der Waals surface area contributed by atoms with Crippen LogP contribution in [-0.4, -0.2) is 56.7 Å². The van der Waals surface area contributed by atoms with Crippen LogP contribution in [0.5, 0.6) is 5.75 Å². The quantitative estimate of drug-likeness (QED) is 0.765. The van der Waals surface area contributed by atoms with E-state index in [-0.39, 0.29) is 11.9 Å². The number of carbonyl (C=O) groups is 1. The highest BCUT2D eigenvalue weighted by molar-refractivity contribution is 5.96. The molecule has 1 atom stereocenters. The van der Waals surface area contributed by atoms with Crippen LogP contribution in [0.15, 0.2) is 54.6 Å². The minimum Gasteiger partial charge on any atom is -0.497 e. The summed E-state index contributed by atoms with van der Waals surface area (Å²) in [5, 5.41) is 0. The third-order valence-corrected chi connectivity index (χ3v) is 5.52. The SMILES string of the molecule is CCN(C(=O)C(C)N1CCCN(c2ccc(OC)cc2)CC1)c1ccccc1. The number of rotatable bonds is 6. The molecule has 5 nitrogen and oxygen atoms in total. The fourth-order valence-electron chi connectivity index (χ4n) is 3.83. The summed E-state index contributed by atoms with van der Waals surface area (Å²) in [6.45, 7) is 8.49. The van der Waals surface area contributed by atoms with Crippen molar-refractivity contribution in [3.63, 3.8) is 0 Å². The molecule has 0 bridgehead atoms. The number of amides is 1. The van der Waals surface area contributed by atoms with E-state index < -0.39 is 0 Å². The van der Waals surface area contributed by atoms with Crippen molar-refractivity contribution >= 4 is 17.3 Å². The first-order valence-corrected chi connectivity index (χ1v) is 10.1. The summed E-state index contributed by atoms with van der Waals surface area (Å²) >= 11 is 0. The Balaban J connectivity index is 1.64. The minimum absolute atomic E-state index is 0.129. The van der Waals surface area contributed by atoms with E-state index in [1.54, 1.807) is 7.11 Å². The van der Waals surface area contributed by atoms with Crippen LogP contribution in [0.25, 0.3) is 0 Å². The van der Waals surface area contributed by atoms with Crippen LogP contribution in [0.4, 0.5) is 11.4 Å². The van der Waals surface area contributed by atoms with Gasteiger partial charge in [-0.05, 0) is 56.7 Å². The van der Waals surface area contributed by atoms with Crippen molar-refractivity contribution in [2.24, 2.45) is 0 Å². The summed E-state index contributed by atoms with van der Waals surface area (Å²) < 4.78 is 5.26. The normalized spacial score (nSPS) is 16.3. The number of anilines is 2. The standard InChI is InChI=1S/C23H31N3O2/c1-4-26(21-9-6-5-7-10-21)23(27)19(2)24-15-8-16-25(18-17-24)20-11-13-22(28-3)14-12-20/h5-7,9-14,19H,4,8,15-18H2,1-3H3. The van der Waals surface area contributed by atoms with Gasteiger partial charge in [0, 0.05) is 44.1 Å². The van der Waals surface area contributed by atoms with Gasteiger partial charge in [-0.1, -0.05) is 18.2 Å². The molecular formula is C23H31N3O2. The van der Waals surface area contributed by atoms with E-state index in [0.29, 0.717) is 6.54 Å². The van der Waals surface area contributed by atoms with Crippen LogP contribution in [0.3, 0.4) is 0 Å². The highest BCUT2D eigenvalue weighted by atomic mass is 16.5. The molecule has 0 radical (unpaired) electrons. The van der Waals surface area contributed by atoms with E-state index in [9.17, 15) is 4.79 Å². The van der Waals surface area contributed by atoms with Crippen LogP contribution >= 0.6 is 0 Å². The molecule has 1 fully saturated rings. The molecule has 1 amide bonds. The van der Waals surface area contributed by atoms with Gasteiger partial charge in [0.25, 0.3) is 0 Å². The average Bonchev–Trinajstić information content (AvgIpc) is 3.01. The van der Waals surface area contributed by atoms with Crippen LogP contribution in [0, 0.1) is 0 Å². The number of likely N-dealkylation sites (N-methyl/N-ethyl adjacent to an activating group) is 1. The van der Waals surface area contributed by atoms with E-state index in [4.69, 9.17) is 4.74 Å². The lowest BCUT2D eigenvalue weighted by Gasteiger charge is -2.31. The Labute approximate surface area is 168 Å². The largest absolute Gasteiger partial charge is 0.497 e. The topological polar surface area (TPSA) is 36.0 Å². The highest BCUT2D eigenvalue weighted by Gasteiger charge is 2.27. The fourth-order valence-corrected chi connectivity index (χ4v) is 3.83. The van der Waals surface area contributed by atoms with Gasteiger partial charge >= 0.3 is 0 Å². The molecule has 0 spiro atoms. The molecular weight excluding hydrogens is 350 g/mol. The van der Waals surface area contributed by atoms with Crippen LogP contribution < -0.4 is 14.5 Å². The van der Waals surface area contributed by atoms with Crippen molar-refractivity contribution in [3.05, 3.63) is 54.6 Å². The lowest BCUT2D eigenvalue weighted by Crippen LogP contribution is -2.48. The lowest BCUT2D eigenvalue weighted by molar-refractivity contribution is -0.123. The van der Waals surface area contributed by atoms with Gasteiger partial charge in [0.05, 0.1) is 13.2 Å². The second kappa shape index (κ2) is 9.60. The minimum atomic E-state index is -0.129. The third kappa shape index (κ3) is 4.65. The summed E-state index contributed by atoms with van der Waals surface area (Å²) in [4.78, 5) is 19.8. The number of ether oxygens (including phenoxy) is 1. The molecule has 1 aliphatic rings. The second-order valence-corrected chi connectivity index (χ2v) is 7.17. The number of hydrogen-bond donors (Lipinski definition) is 0. The first-order valence-electron chi connectivity index (χ1n) is 10.1. The van der Waals surface area contributed by atoms with E-state index in [1.165, 1.54) is 5.69 Å². The van der Waals surface area contributed by atoms with Gasteiger partial charge in [-0.25, -0.2) is 0 Å². The van der Waals surface area contributed by atoms with Crippen molar-refractivity contribution in [2.75, 3.05) is 49.6 Å². The molecule has 2 aromatic carbocycles. The van der Waals surface area contributed by atoms with Gasteiger partial charge in [-0.2, -0.15) is 0 Å². The Morgan fingerprint density at radius 1 is 1.04 bits per heavy atom. The zero-order valence-corrected chi connectivity index (χ0v) is 17.2. The van der Waals surface area contributed by atoms with Gasteiger partial charge in [0.1, 0.15) is 5.75 Å². The predicted octanol–water partition coefficient (Wildman–Crippen LogP) is 3.65. The third-order valence-electron chi connectivity index (χ3n) is 5.52. The number of methoxy groups -OCH3 is 1. The monoisotopic (exact) mass is 381 g/mol. The lowest BCUT2D eigenvalue weighted by atomic mass is 10.2. The molecule has 3 rings (SSSR count). The molecule has 28 heavy (non-hydrogen) atoms. The van der Waals surface area contributed by atoms with Crippen LogP contribution in [0.2, 0.25) is 0 Å². The molecule has 0 aromatic heterocycles. The number of carbonyl (C=O) groups excluding carboxylic acids is 1. The number of benzene rings is 2.